The molecule has 11 heteroatoms. The quantitative estimate of drug-likeness (QED) is 0.462. The topological polar surface area (TPSA) is 92.0 Å². The van der Waals surface area contributed by atoms with Crippen molar-refractivity contribution in [2.45, 2.75) is 45.3 Å². The maximum absolute atomic E-state index is 13.9. The molecule has 216 valence electrons. The summed E-state index contributed by atoms with van der Waals surface area (Å²) in [6.45, 7) is 12.0. The summed E-state index contributed by atoms with van der Waals surface area (Å²) in [5.41, 5.74) is 3.54. The molecule has 3 aromatic rings. The third kappa shape index (κ3) is 5.11. The van der Waals surface area contributed by atoms with E-state index in [1.54, 1.807) is 0 Å². The molecule has 2 saturated heterocycles. The van der Waals surface area contributed by atoms with Crippen LogP contribution in [0.15, 0.2) is 36.5 Å². The number of methoxy groups -OCH3 is 1. The van der Waals surface area contributed by atoms with Gasteiger partial charge >= 0.3 is 7.12 Å². The van der Waals surface area contributed by atoms with Crippen molar-refractivity contribution in [2.24, 2.45) is 0 Å². The molecular weight excluding hydrogens is 524 g/mol. The minimum atomic E-state index is -0.617. The Morgan fingerprint density at radius 2 is 1.80 bits per heavy atom. The molecule has 0 spiro atoms. The number of H-pyrrole nitrogens is 1. The number of aromatic amines is 1. The number of carbonyl (C=O) groups is 1. The molecule has 0 radical (unpaired) electrons. The molecule has 2 fully saturated rings. The van der Waals surface area contributed by atoms with E-state index in [2.05, 4.69) is 27.4 Å². The summed E-state index contributed by atoms with van der Waals surface area (Å²) >= 11 is 0. The van der Waals surface area contributed by atoms with E-state index in [1.165, 1.54) is 24.9 Å². The number of hydrogen-bond donors (Lipinski definition) is 2. The van der Waals surface area contributed by atoms with E-state index in [-0.39, 0.29) is 5.91 Å². The van der Waals surface area contributed by atoms with E-state index < -0.39 is 24.1 Å². The van der Waals surface area contributed by atoms with Crippen LogP contribution in [0.1, 0.15) is 50.2 Å². The van der Waals surface area contributed by atoms with Gasteiger partial charge in [0, 0.05) is 66.4 Å². The Labute approximate surface area is 240 Å². The van der Waals surface area contributed by atoms with E-state index in [0.717, 1.165) is 41.6 Å². The largest absolute Gasteiger partial charge is 0.497 e. The lowest BCUT2D eigenvalue weighted by molar-refractivity contribution is 0.00578. The third-order valence-corrected chi connectivity index (χ3v) is 8.77. The van der Waals surface area contributed by atoms with E-state index in [0.29, 0.717) is 43.3 Å². The summed E-state index contributed by atoms with van der Waals surface area (Å²) in [7, 11) is 0.885. The van der Waals surface area contributed by atoms with Crippen molar-refractivity contribution in [1.29, 1.82) is 0 Å². The van der Waals surface area contributed by atoms with Gasteiger partial charge in [0.1, 0.15) is 5.82 Å². The second kappa shape index (κ2) is 10.5. The zero-order valence-corrected chi connectivity index (χ0v) is 24.3. The van der Waals surface area contributed by atoms with Crippen molar-refractivity contribution in [3.63, 3.8) is 0 Å². The molecule has 9 nitrogen and oxygen atoms in total. The minimum Gasteiger partial charge on any atom is -0.493 e. The number of carbonyl (C=O) groups excluding carboxylic acids is 1. The van der Waals surface area contributed by atoms with Crippen LogP contribution in [0.4, 0.5) is 10.2 Å². The van der Waals surface area contributed by atoms with Crippen LogP contribution < -0.4 is 20.4 Å². The average Bonchev–Trinajstić information content (AvgIpc) is 3.49. The van der Waals surface area contributed by atoms with Gasteiger partial charge in [-0.3, -0.25) is 4.79 Å². The Bertz CT molecular complexity index is 1500. The van der Waals surface area contributed by atoms with Gasteiger partial charge in [0.05, 0.1) is 24.5 Å². The van der Waals surface area contributed by atoms with Crippen LogP contribution in [0.5, 0.6) is 5.75 Å². The fourth-order valence-electron chi connectivity index (χ4n) is 5.68. The number of amides is 1. The summed E-state index contributed by atoms with van der Waals surface area (Å²) in [6, 6.07) is 7.32. The van der Waals surface area contributed by atoms with Gasteiger partial charge in [-0.1, -0.05) is 6.08 Å². The van der Waals surface area contributed by atoms with E-state index in [9.17, 15) is 9.18 Å². The monoisotopic (exact) mass is 561 g/mol. The molecule has 2 aromatic heterocycles. The highest BCUT2D eigenvalue weighted by Gasteiger charge is 2.52. The molecule has 3 aliphatic heterocycles. The van der Waals surface area contributed by atoms with Gasteiger partial charge in [0.25, 0.3) is 5.91 Å². The number of nitrogens with zero attached hydrogens (tertiary/aromatic N) is 3. The second-order valence-corrected chi connectivity index (χ2v) is 12.0. The number of nitrogens with one attached hydrogen (secondary N) is 2. The average molecular weight is 561 g/mol. The number of halogens is 1. The molecule has 0 bridgehead atoms. The predicted molar refractivity (Wildman–Crippen MR) is 158 cm³/mol. The van der Waals surface area contributed by atoms with Crippen molar-refractivity contribution < 1.29 is 23.2 Å². The molecule has 5 heterocycles. The zero-order valence-electron chi connectivity index (χ0n) is 24.3. The number of rotatable bonds is 5. The van der Waals surface area contributed by atoms with Gasteiger partial charge in [-0.15, -0.1) is 0 Å². The molecule has 2 N–H and O–H groups in total. The first-order valence-electron chi connectivity index (χ1n) is 14.2. The Morgan fingerprint density at radius 3 is 2.46 bits per heavy atom. The number of piperazine rings is 1. The Balaban J connectivity index is 1.30. The van der Waals surface area contributed by atoms with Crippen molar-refractivity contribution in [1.82, 2.24) is 20.2 Å². The van der Waals surface area contributed by atoms with E-state index >= 15 is 0 Å². The Morgan fingerprint density at radius 1 is 1.07 bits per heavy atom. The predicted octanol–water partition coefficient (Wildman–Crippen LogP) is 3.35. The van der Waals surface area contributed by atoms with Crippen molar-refractivity contribution >= 4 is 40.8 Å². The molecular formula is C30H37BFN5O4. The number of aromatic nitrogens is 2. The van der Waals surface area contributed by atoms with Crippen LogP contribution in [0.3, 0.4) is 0 Å². The first-order valence-corrected chi connectivity index (χ1v) is 14.2. The van der Waals surface area contributed by atoms with Crippen LogP contribution in [-0.2, 0) is 9.31 Å². The number of pyridine rings is 1. The lowest BCUT2D eigenvalue weighted by Gasteiger charge is -2.36. The number of ether oxygens (including phenoxy) is 1. The van der Waals surface area contributed by atoms with Crippen molar-refractivity contribution in [3.05, 3.63) is 53.6 Å². The summed E-state index contributed by atoms with van der Waals surface area (Å²) in [5, 5.41) is 4.38. The van der Waals surface area contributed by atoms with Crippen LogP contribution >= 0.6 is 0 Å². The molecule has 3 aliphatic rings. The number of hydrogen-bond acceptors (Lipinski definition) is 7. The lowest BCUT2D eigenvalue weighted by Crippen LogP contribution is -2.49. The van der Waals surface area contributed by atoms with Crippen LogP contribution in [0.2, 0.25) is 0 Å². The molecule has 0 atom stereocenters. The second-order valence-electron chi connectivity index (χ2n) is 12.0. The minimum absolute atomic E-state index is 0.0513. The Hall–Kier alpha value is -3.41. The summed E-state index contributed by atoms with van der Waals surface area (Å²) < 4.78 is 31.9. The van der Waals surface area contributed by atoms with Crippen molar-refractivity contribution in [3.8, 4) is 5.75 Å². The number of anilines is 1. The molecule has 1 aromatic carbocycles. The van der Waals surface area contributed by atoms with Gasteiger partial charge in [-0.25, -0.2) is 9.37 Å². The first-order chi connectivity index (χ1) is 19.6. The fourth-order valence-corrected chi connectivity index (χ4v) is 5.68. The van der Waals surface area contributed by atoms with Gasteiger partial charge < -0.3 is 34.1 Å². The zero-order chi connectivity index (χ0) is 28.9. The lowest BCUT2D eigenvalue weighted by atomic mass is 9.77. The fraction of sp³-hybridized carbons (Fsp3) is 0.467. The summed E-state index contributed by atoms with van der Waals surface area (Å²) in [4.78, 5) is 25.6. The SMILES string of the molecule is COc1cc(F)cnc1N1CCN(C(=O)c2cc(B3OC(C)(C)C(C)(C)O3)c3[nH]c(C4=CCCNC4)cc3c2)CC1. The van der Waals surface area contributed by atoms with Crippen LogP contribution in [-0.4, -0.2) is 85.5 Å². The molecule has 0 aliphatic carbocycles. The highest BCUT2D eigenvalue weighted by molar-refractivity contribution is 6.65. The summed E-state index contributed by atoms with van der Waals surface area (Å²) in [6.07, 6.45) is 4.42. The standard InChI is InChI=1S/C30H37BFN5O4/c1-29(2)30(3,4)41-31(40-29)23-14-21(13-20-15-24(35-26(20)23)19-7-6-8-33-17-19)28(38)37-11-9-36(10-12-37)27-25(39-5)16-22(32)18-34-27/h7,13-16,18,33,35H,6,8-12,17H2,1-5H3. The van der Waals surface area contributed by atoms with Gasteiger partial charge in [-0.2, -0.15) is 0 Å². The van der Waals surface area contributed by atoms with Crippen LogP contribution in [0, 0.1) is 5.82 Å². The molecule has 0 unspecified atom stereocenters. The Kier molecular flexibility index (Phi) is 7.08. The van der Waals surface area contributed by atoms with Gasteiger partial charge in [0.15, 0.2) is 11.6 Å². The third-order valence-electron chi connectivity index (χ3n) is 8.77. The van der Waals surface area contributed by atoms with Gasteiger partial charge in [-0.05, 0) is 64.4 Å². The molecule has 1 amide bonds. The highest BCUT2D eigenvalue weighted by Crippen LogP contribution is 2.37. The van der Waals surface area contributed by atoms with Crippen molar-refractivity contribution in [2.75, 3.05) is 51.3 Å². The maximum atomic E-state index is 13.9. The van der Waals surface area contributed by atoms with Crippen LogP contribution in [0.25, 0.3) is 16.5 Å². The maximum Gasteiger partial charge on any atom is 0.497 e. The normalized spacial score (nSPS) is 20.4. The molecule has 0 saturated carbocycles. The number of fused-ring (bicyclic) bond motifs is 1. The highest BCUT2D eigenvalue weighted by atomic mass is 19.1. The molecule has 41 heavy (non-hydrogen) atoms. The van der Waals surface area contributed by atoms with E-state index in [1.807, 2.05) is 49.6 Å². The van der Waals surface area contributed by atoms with E-state index in [4.69, 9.17) is 14.0 Å². The summed E-state index contributed by atoms with van der Waals surface area (Å²) in [5.74, 6) is 0.465. The van der Waals surface area contributed by atoms with Gasteiger partial charge in [0.2, 0.25) is 0 Å². The number of benzene rings is 1. The first kappa shape index (κ1) is 27.7. The smallest absolute Gasteiger partial charge is 0.493 e. The molecule has 6 rings (SSSR count).